The first-order chi connectivity index (χ1) is 6.66. The molecule has 1 fully saturated rings. The van der Waals surface area contributed by atoms with E-state index >= 15 is 0 Å². The summed E-state index contributed by atoms with van der Waals surface area (Å²) in [5.41, 5.74) is 0.807. The summed E-state index contributed by atoms with van der Waals surface area (Å²) >= 11 is 0. The van der Waals surface area contributed by atoms with Crippen LogP contribution in [0.2, 0.25) is 0 Å². The molecule has 1 saturated carbocycles. The van der Waals surface area contributed by atoms with Crippen LogP contribution in [-0.2, 0) is 6.42 Å². The van der Waals surface area contributed by atoms with Crippen LogP contribution in [0.5, 0.6) is 0 Å². The Balaban J connectivity index is 1.85. The fourth-order valence-electron chi connectivity index (χ4n) is 2.21. The normalized spacial score (nSPS) is 33.1. The smallest absolute Gasteiger partial charge is 0.0921 e. The van der Waals surface area contributed by atoms with Gasteiger partial charge in [0.1, 0.15) is 0 Å². The van der Waals surface area contributed by atoms with Gasteiger partial charge in [-0.2, -0.15) is 0 Å². The molecule has 1 aliphatic rings. The SMILES string of the molecule is CC1(O)CCC(Cc2cnc[nH]2)CC1. The number of aromatic amines is 1. The lowest BCUT2D eigenvalue weighted by atomic mass is 9.78. The first kappa shape index (κ1) is 9.71. The molecule has 0 unspecified atom stereocenters. The molecule has 0 radical (unpaired) electrons. The van der Waals surface area contributed by atoms with Crippen LogP contribution in [0, 0.1) is 5.92 Å². The van der Waals surface area contributed by atoms with Crippen molar-refractivity contribution in [2.24, 2.45) is 5.92 Å². The molecule has 0 amide bonds. The fraction of sp³-hybridized carbons (Fsp3) is 0.727. The predicted octanol–water partition coefficient (Wildman–Crippen LogP) is 1.89. The third kappa shape index (κ3) is 2.35. The van der Waals surface area contributed by atoms with Crippen molar-refractivity contribution in [3.05, 3.63) is 18.2 Å². The Bertz CT molecular complexity index is 269. The van der Waals surface area contributed by atoms with Gasteiger partial charge < -0.3 is 10.1 Å². The minimum atomic E-state index is -0.412. The van der Waals surface area contributed by atoms with Crippen molar-refractivity contribution in [2.75, 3.05) is 0 Å². The average molecular weight is 194 g/mol. The third-order valence-corrected chi connectivity index (χ3v) is 3.25. The van der Waals surface area contributed by atoms with Gasteiger partial charge in [0.25, 0.3) is 0 Å². The Labute approximate surface area is 84.6 Å². The highest BCUT2D eigenvalue weighted by atomic mass is 16.3. The highest BCUT2D eigenvalue weighted by Gasteiger charge is 2.28. The van der Waals surface area contributed by atoms with Gasteiger partial charge in [0.15, 0.2) is 0 Å². The van der Waals surface area contributed by atoms with Gasteiger partial charge in [0, 0.05) is 11.9 Å². The lowest BCUT2D eigenvalue weighted by Crippen LogP contribution is -2.30. The van der Waals surface area contributed by atoms with E-state index in [0.29, 0.717) is 0 Å². The number of hydrogen-bond donors (Lipinski definition) is 2. The summed E-state index contributed by atoms with van der Waals surface area (Å²) in [7, 11) is 0. The standard InChI is InChI=1S/C11H18N2O/c1-11(14)4-2-9(3-5-11)6-10-7-12-8-13-10/h7-9,14H,2-6H2,1H3,(H,12,13). The van der Waals surface area contributed by atoms with Crippen LogP contribution >= 0.6 is 0 Å². The van der Waals surface area contributed by atoms with Crippen molar-refractivity contribution in [1.82, 2.24) is 9.97 Å². The van der Waals surface area contributed by atoms with E-state index in [1.807, 2.05) is 13.1 Å². The molecule has 0 aliphatic heterocycles. The Morgan fingerprint density at radius 3 is 2.86 bits per heavy atom. The Hall–Kier alpha value is -0.830. The zero-order valence-electron chi connectivity index (χ0n) is 8.66. The zero-order valence-corrected chi connectivity index (χ0v) is 8.66. The molecular formula is C11H18N2O. The quantitative estimate of drug-likeness (QED) is 0.755. The maximum absolute atomic E-state index is 9.80. The van der Waals surface area contributed by atoms with E-state index in [0.717, 1.165) is 38.0 Å². The summed E-state index contributed by atoms with van der Waals surface area (Å²) in [6, 6.07) is 0. The largest absolute Gasteiger partial charge is 0.390 e. The number of imidazole rings is 1. The molecule has 14 heavy (non-hydrogen) atoms. The van der Waals surface area contributed by atoms with Gasteiger partial charge in [-0.25, -0.2) is 4.98 Å². The summed E-state index contributed by atoms with van der Waals surface area (Å²) in [5, 5.41) is 9.80. The van der Waals surface area contributed by atoms with Gasteiger partial charge >= 0.3 is 0 Å². The maximum atomic E-state index is 9.80. The van der Waals surface area contributed by atoms with E-state index in [2.05, 4.69) is 9.97 Å². The second kappa shape index (κ2) is 3.73. The topological polar surface area (TPSA) is 48.9 Å². The van der Waals surface area contributed by atoms with E-state index in [1.165, 1.54) is 5.69 Å². The molecule has 78 valence electrons. The van der Waals surface area contributed by atoms with Crippen molar-refractivity contribution >= 4 is 0 Å². The van der Waals surface area contributed by atoms with Crippen LogP contribution in [0.15, 0.2) is 12.5 Å². The van der Waals surface area contributed by atoms with Gasteiger partial charge in [-0.05, 0) is 44.9 Å². The van der Waals surface area contributed by atoms with Crippen LogP contribution in [-0.4, -0.2) is 20.7 Å². The molecule has 1 aromatic heterocycles. The number of nitrogens with zero attached hydrogens (tertiary/aromatic N) is 1. The van der Waals surface area contributed by atoms with E-state index in [-0.39, 0.29) is 0 Å². The molecule has 2 N–H and O–H groups in total. The lowest BCUT2D eigenvalue weighted by Gasteiger charge is -2.32. The second-order valence-electron chi connectivity index (χ2n) is 4.72. The number of H-pyrrole nitrogens is 1. The summed E-state index contributed by atoms with van der Waals surface area (Å²) in [6.07, 6.45) is 8.84. The number of rotatable bonds is 2. The lowest BCUT2D eigenvalue weighted by molar-refractivity contribution is 0.00802. The average Bonchev–Trinajstić information content (AvgIpc) is 2.61. The summed E-state index contributed by atoms with van der Waals surface area (Å²) in [6.45, 7) is 1.94. The van der Waals surface area contributed by atoms with Crippen molar-refractivity contribution in [2.45, 2.75) is 44.6 Å². The van der Waals surface area contributed by atoms with Crippen LogP contribution in [0.1, 0.15) is 38.3 Å². The van der Waals surface area contributed by atoms with E-state index < -0.39 is 5.60 Å². The molecule has 1 aromatic rings. The third-order valence-electron chi connectivity index (χ3n) is 3.25. The molecular weight excluding hydrogens is 176 g/mol. The van der Waals surface area contributed by atoms with Crippen molar-refractivity contribution in [3.8, 4) is 0 Å². The molecule has 2 rings (SSSR count). The summed E-state index contributed by atoms with van der Waals surface area (Å²) in [5.74, 6) is 0.718. The fourth-order valence-corrected chi connectivity index (χ4v) is 2.21. The van der Waals surface area contributed by atoms with Crippen molar-refractivity contribution in [3.63, 3.8) is 0 Å². The monoisotopic (exact) mass is 194 g/mol. The number of aromatic nitrogens is 2. The maximum Gasteiger partial charge on any atom is 0.0921 e. The Morgan fingerprint density at radius 2 is 2.29 bits per heavy atom. The Kier molecular flexibility index (Phi) is 2.59. The van der Waals surface area contributed by atoms with Gasteiger partial charge in [0.05, 0.1) is 11.9 Å². The molecule has 1 aliphatic carbocycles. The summed E-state index contributed by atoms with van der Waals surface area (Å²) in [4.78, 5) is 7.14. The molecule has 1 heterocycles. The van der Waals surface area contributed by atoms with Gasteiger partial charge in [-0.3, -0.25) is 0 Å². The van der Waals surface area contributed by atoms with Gasteiger partial charge in [-0.1, -0.05) is 0 Å². The van der Waals surface area contributed by atoms with Crippen molar-refractivity contribution < 1.29 is 5.11 Å². The highest BCUT2D eigenvalue weighted by molar-refractivity contribution is 4.97. The molecule has 0 bridgehead atoms. The van der Waals surface area contributed by atoms with Crippen molar-refractivity contribution in [1.29, 1.82) is 0 Å². The molecule has 0 atom stereocenters. The van der Waals surface area contributed by atoms with Gasteiger partial charge in [-0.15, -0.1) is 0 Å². The molecule has 0 spiro atoms. The summed E-state index contributed by atoms with van der Waals surface area (Å²) < 4.78 is 0. The minimum Gasteiger partial charge on any atom is -0.390 e. The number of aliphatic hydroxyl groups is 1. The molecule has 3 heteroatoms. The minimum absolute atomic E-state index is 0.412. The molecule has 3 nitrogen and oxygen atoms in total. The van der Waals surface area contributed by atoms with Crippen LogP contribution in [0.4, 0.5) is 0 Å². The van der Waals surface area contributed by atoms with Crippen LogP contribution < -0.4 is 0 Å². The first-order valence-electron chi connectivity index (χ1n) is 5.35. The highest BCUT2D eigenvalue weighted by Crippen LogP contribution is 2.32. The number of nitrogens with one attached hydrogen (secondary N) is 1. The number of hydrogen-bond acceptors (Lipinski definition) is 2. The zero-order chi connectivity index (χ0) is 10.0. The Morgan fingerprint density at radius 1 is 1.57 bits per heavy atom. The second-order valence-corrected chi connectivity index (χ2v) is 4.72. The van der Waals surface area contributed by atoms with E-state index in [4.69, 9.17) is 0 Å². The molecule has 0 aromatic carbocycles. The van der Waals surface area contributed by atoms with Gasteiger partial charge in [0.2, 0.25) is 0 Å². The first-order valence-corrected chi connectivity index (χ1v) is 5.35. The van der Waals surface area contributed by atoms with Crippen LogP contribution in [0.25, 0.3) is 0 Å². The predicted molar refractivity (Wildman–Crippen MR) is 54.9 cm³/mol. The van der Waals surface area contributed by atoms with E-state index in [1.54, 1.807) is 6.33 Å². The van der Waals surface area contributed by atoms with Crippen LogP contribution in [0.3, 0.4) is 0 Å². The van der Waals surface area contributed by atoms with E-state index in [9.17, 15) is 5.11 Å². The molecule has 0 saturated heterocycles.